The van der Waals surface area contributed by atoms with E-state index in [0.29, 0.717) is 23.4 Å². The highest BCUT2D eigenvalue weighted by molar-refractivity contribution is 7.90. The number of ether oxygens (including phenoxy) is 1. The number of hydrogen-bond acceptors (Lipinski definition) is 5. The zero-order chi connectivity index (χ0) is 18.7. The molecule has 0 N–H and O–H groups in total. The lowest BCUT2D eigenvalue weighted by Gasteiger charge is -2.14. The van der Waals surface area contributed by atoms with Crippen molar-refractivity contribution >= 4 is 21.1 Å². The SMILES string of the molecule is CCCCCOc1cc(C)c(C)cc1S(=O)(=O)n1nnc2ccccc21. The van der Waals surface area contributed by atoms with Crippen LogP contribution < -0.4 is 4.74 Å². The van der Waals surface area contributed by atoms with Gasteiger partial charge in [0.1, 0.15) is 21.7 Å². The average Bonchev–Trinajstić information content (AvgIpc) is 3.06. The summed E-state index contributed by atoms with van der Waals surface area (Å²) in [5.41, 5.74) is 2.85. The first-order chi connectivity index (χ1) is 12.4. The average molecular weight is 373 g/mol. The van der Waals surface area contributed by atoms with Crippen LogP contribution in [0.4, 0.5) is 0 Å². The van der Waals surface area contributed by atoms with Gasteiger partial charge in [-0.1, -0.05) is 37.1 Å². The maximum Gasteiger partial charge on any atom is 0.288 e. The molecule has 0 atom stereocenters. The molecule has 0 aliphatic heterocycles. The summed E-state index contributed by atoms with van der Waals surface area (Å²) in [4.78, 5) is 0.118. The number of rotatable bonds is 7. The van der Waals surface area contributed by atoms with Gasteiger partial charge in [0.25, 0.3) is 10.0 Å². The Balaban J connectivity index is 2.07. The molecule has 7 heteroatoms. The molecule has 0 radical (unpaired) electrons. The fourth-order valence-electron chi connectivity index (χ4n) is 2.73. The maximum atomic E-state index is 13.3. The molecule has 0 unspecified atom stereocenters. The topological polar surface area (TPSA) is 74.1 Å². The first-order valence-corrected chi connectivity index (χ1v) is 10.2. The number of para-hydroxylation sites is 1. The minimum Gasteiger partial charge on any atom is -0.492 e. The third kappa shape index (κ3) is 3.44. The van der Waals surface area contributed by atoms with Crippen molar-refractivity contribution in [2.24, 2.45) is 0 Å². The van der Waals surface area contributed by atoms with Crippen molar-refractivity contribution in [2.75, 3.05) is 6.61 Å². The van der Waals surface area contributed by atoms with Crippen LogP contribution in [0.1, 0.15) is 37.3 Å². The molecule has 3 rings (SSSR count). The number of fused-ring (bicyclic) bond motifs is 1. The van der Waals surface area contributed by atoms with Crippen LogP contribution in [0.5, 0.6) is 5.75 Å². The van der Waals surface area contributed by atoms with E-state index in [4.69, 9.17) is 4.74 Å². The van der Waals surface area contributed by atoms with E-state index >= 15 is 0 Å². The quantitative estimate of drug-likeness (QED) is 0.588. The molecule has 0 aliphatic carbocycles. The van der Waals surface area contributed by atoms with Crippen molar-refractivity contribution in [3.63, 3.8) is 0 Å². The van der Waals surface area contributed by atoms with Crippen molar-refractivity contribution in [1.82, 2.24) is 14.4 Å². The first-order valence-electron chi connectivity index (χ1n) is 8.75. The third-order valence-corrected chi connectivity index (χ3v) is 5.99. The van der Waals surface area contributed by atoms with Crippen LogP contribution in [0.3, 0.4) is 0 Å². The van der Waals surface area contributed by atoms with Crippen LogP contribution in [0.15, 0.2) is 41.3 Å². The Hall–Kier alpha value is -2.41. The highest BCUT2D eigenvalue weighted by Gasteiger charge is 2.26. The Morgan fingerprint density at radius 1 is 1.08 bits per heavy atom. The van der Waals surface area contributed by atoms with Gasteiger partial charge < -0.3 is 4.74 Å². The van der Waals surface area contributed by atoms with Crippen molar-refractivity contribution in [3.05, 3.63) is 47.5 Å². The molecule has 0 fully saturated rings. The summed E-state index contributed by atoms with van der Waals surface area (Å²) in [6.07, 6.45) is 3.00. The van der Waals surface area contributed by atoms with Gasteiger partial charge in [-0.2, -0.15) is 8.42 Å². The molecule has 0 aliphatic rings. The van der Waals surface area contributed by atoms with Gasteiger partial charge in [0, 0.05) is 0 Å². The summed E-state index contributed by atoms with van der Waals surface area (Å²) < 4.78 is 33.3. The predicted octanol–water partition coefficient (Wildman–Crippen LogP) is 3.85. The van der Waals surface area contributed by atoms with Crippen LogP contribution in [-0.2, 0) is 10.0 Å². The number of benzene rings is 2. The number of nitrogens with zero attached hydrogens (tertiary/aromatic N) is 3. The molecule has 6 nitrogen and oxygen atoms in total. The molecule has 26 heavy (non-hydrogen) atoms. The van der Waals surface area contributed by atoms with Crippen LogP contribution in [0.25, 0.3) is 11.0 Å². The van der Waals surface area contributed by atoms with E-state index in [1.165, 1.54) is 0 Å². The van der Waals surface area contributed by atoms with Gasteiger partial charge in [0.2, 0.25) is 0 Å². The first kappa shape index (κ1) is 18.4. The summed E-state index contributed by atoms with van der Waals surface area (Å²) in [6.45, 7) is 6.42. The lowest BCUT2D eigenvalue weighted by atomic mass is 10.1. The van der Waals surface area contributed by atoms with Crippen LogP contribution in [-0.4, -0.2) is 29.4 Å². The minimum atomic E-state index is -3.92. The van der Waals surface area contributed by atoms with Crippen molar-refractivity contribution in [2.45, 2.75) is 44.9 Å². The van der Waals surface area contributed by atoms with E-state index in [-0.39, 0.29) is 4.90 Å². The van der Waals surface area contributed by atoms with Gasteiger partial charge >= 0.3 is 0 Å². The molecular formula is C19H23N3O3S. The van der Waals surface area contributed by atoms with Gasteiger partial charge in [-0.15, -0.1) is 9.19 Å². The molecule has 2 aromatic carbocycles. The second kappa shape index (κ2) is 7.45. The zero-order valence-corrected chi connectivity index (χ0v) is 16.1. The monoisotopic (exact) mass is 373 g/mol. The fraction of sp³-hybridized carbons (Fsp3) is 0.368. The summed E-state index contributed by atoms with van der Waals surface area (Å²) in [6, 6.07) is 10.4. The van der Waals surface area contributed by atoms with Gasteiger partial charge in [-0.25, -0.2) is 0 Å². The molecule has 0 saturated carbocycles. The Bertz CT molecular complexity index is 1030. The largest absolute Gasteiger partial charge is 0.492 e. The number of hydrogen-bond donors (Lipinski definition) is 0. The maximum absolute atomic E-state index is 13.3. The highest BCUT2D eigenvalue weighted by Crippen LogP contribution is 2.30. The molecular weight excluding hydrogens is 350 g/mol. The summed E-state index contributed by atoms with van der Waals surface area (Å²) in [7, 11) is -3.92. The van der Waals surface area contributed by atoms with Gasteiger partial charge in [-0.05, 0) is 55.7 Å². The van der Waals surface area contributed by atoms with Crippen molar-refractivity contribution in [3.8, 4) is 5.75 Å². The van der Waals surface area contributed by atoms with Crippen LogP contribution in [0, 0.1) is 13.8 Å². The summed E-state index contributed by atoms with van der Waals surface area (Å²) in [5.74, 6) is 0.365. The molecule has 0 spiro atoms. The van der Waals surface area contributed by atoms with Gasteiger partial charge in [0.05, 0.1) is 6.61 Å². The van der Waals surface area contributed by atoms with Crippen LogP contribution >= 0.6 is 0 Å². The second-order valence-electron chi connectivity index (χ2n) is 6.36. The molecule has 1 aromatic heterocycles. The minimum absolute atomic E-state index is 0.118. The van der Waals surface area contributed by atoms with Gasteiger partial charge in [0.15, 0.2) is 0 Å². The molecule has 3 aromatic rings. The molecule has 0 amide bonds. The smallest absolute Gasteiger partial charge is 0.288 e. The standard InChI is InChI=1S/C19H23N3O3S/c1-4-5-8-11-25-18-12-14(2)15(3)13-19(18)26(23,24)22-17-10-7-6-9-16(17)20-21-22/h6-7,9-10,12-13H,4-5,8,11H2,1-3H3. The molecule has 0 saturated heterocycles. The Kier molecular flexibility index (Phi) is 5.27. The second-order valence-corrected chi connectivity index (χ2v) is 8.10. The van der Waals surface area contributed by atoms with Gasteiger partial charge in [-0.3, -0.25) is 0 Å². The van der Waals surface area contributed by atoms with E-state index in [1.54, 1.807) is 36.4 Å². The fourth-order valence-corrected chi connectivity index (χ4v) is 4.16. The Morgan fingerprint density at radius 2 is 1.81 bits per heavy atom. The van der Waals surface area contributed by atoms with Crippen molar-refractivity contribution in [1.29, 1.82) is 0 Å². The lowest BCUT2D eigenvalue weighted by molar-refractivity contribution is 0.298. The summed E-state index contributed by atoms with van der Waals surface area (Å²) >= 11 is 0. The lowest BCUT2D eigenvalue weighted by Crippen LogP contribution is -2.16. The number of aromatic nitrogens is 3. The zero-order valence-electron chi connectivity index (χ0n) is 15.3. The predicted molar refractivity (Wildman–Crippen MR) is 101 cm³/mol. The number of unbranched alkanes of at least 4 members (excludes halogenated alkanes) is 2. The normalized spacial score (nSPS) is 11.8. The summed E-state index contributed by atoms with van der Waals surface area (Å²) in [5, 5.41) is 7.83. The Labute approximate surface area is 153 Å². The number of aryl methyl sites for hydroxylation is 2. The molecule has 0 bridgehead atoms. The third-order valence-electron chi connectivity index (χ3n) is 4.39. The van der Waals surface area contributed by atoms with Crippen molar-refractivity contribution < 1.29 is 13.2 Å². The van der Waals surface area contributed by atoms with Crippen LogP contribution in [0.2, 0.25) is 0 Å². The van der Waals surface area contributed by atoms with E-state index < -0.39 is 10.0 Å². The van der Waals surface area contributed by atoms with E-state index in [2.05, 4.69) is 17.2 Å². The van der Waals surface area contributed by atoms with E-state index in [0.717, 1.165) is 34.5 Å². The Morgan fingerprint density at radius 3 is 2.58 bits per heavy atom. The molecule has 138 valence electrons. The van der Waals surface area contributed by atoms with E-state index in [1.807, 2.05) is 13.8 Å². The van der Waals surface area contributed by atoms with E-state index in [9.17, 15) is 8.42 Å². The highest BCUT2D eigenvalue weighted by atomic mass is 32.2. The molecule has 1 heterocycles.